The summed E-state index contributed by atoms with van der Waals surface area (Å²) < 4.78 is 21.5. The van der Waals surface area contributed by atoms with Gasteiger partial charge in [0.1, 0.15) is 11.8 Å². The molecule has 0 aromatic heterocycles. The second kappa shape index (κ2) is 10.1. The molecule has 0 aliphatic carbocycles. The average molecular weight is 509 g/mol. The third-order valence-corrected chi connectivity index (χ3v) is 7.85. The number of fused-ring (bicyclic) bond motifs is 2. The van der Waals surface area contributed by atoms with E-state index in [1.54, 1.807) is 7.11 Å². The van der Waals surface area contributed by atoms with Crippen molar-refractivity contribution in [1.29, 1.82) is 0 Å². The first kappa shape index (κ1) is 25.2. The van der Waals surface area contributed by atoms with Crippen molar-refractivity contribution in [2.24, 2.45) is 0 Å². The number of nitrogens with zero attached hydrogens (tertiary/aromatic N) is 1. The molecule has 9 nitrogen and oxygen atoms in total. The molecular formula is C28H32N2O7. The monoisotopic (exact) mass is 508 g/mol. The zero-order chi connectivity index (χ0) is 26.3. The minimum absolute atomic E-state index is 0.0682. The van der Waals surface area contributed by atoms with Crippen LogP contribution in [0, 0.1) is 0 Å². The predicted octanol–water partition coefficient (Wildman–Crippen LogP) is 2.53. The molecule has 9 heteroatoms. The molecule has 4 atom stereocenters. The number of carbonyl (C=O) groups is 3. The maximum atomic E-state index is 13.6. The first-order valence-corrected chi connectivity index (χ1v) is 12.5. The van der Waals surface area contributed by atoms with E-state index in [2.05, 4.69) is 11.4 Å². The lowest BCUT2D eigenvalue weighted by molar-refractivity contribution is -0.159. The van der Waals surface area contributed by atoms with Gasteiger partial charge in [0.2, 0.25) is 17.3 Å². The van der Waals surface area contributed by atoms with Gasteiger partial charge in [-0.2, -0.15) is 0 Å². The molecule has 5 rings (SSSR count). The number of hydrogen-bond acceptors (Lipinski definition) is 9. The Bertz CT molecular complexity index is 1220. The smallest absolute Gasteiger partial charge is 0.231 e. The van der Waals surface area contributed by atoms with Crippen molar-refractivity contribution in [3.05, 3.63) is 47.0 Å². The van der Waals surface area contributed by atoms with E-state index >= 15 is 0 Å². The molecule has 0 bridgehead atoms. The number of Topliss-reactive ketones (excluding diaryl/α,β-unsaturated/α-hetero) is 3. The summed E-state index contributed by atoms with van der Waals surface area (Å²) >= 11 is 0. The number of carbonyl (C=O) groups excluding carboxylic acids is 3. The van der Waals surface area contributed by atoms with Crippen molar-refractivity contribution in [2.45, 2.75) is 49.9 Å². The fraction of sp³-hybridized carbons (Fsp3) is 0.464. The summed E-state index contributed by atoms with van der Waals surface area (Å²) in [6.45, 7) is 0.802. The Labute approximate surface area is 216 Å². The molecule has 2 fully saturated rings. The standard InChI is InChI=1S/C28H32N2O7/c1-34-17-9-8-15-10-11-29-23(18(15)14-17)19-6-5-7-20-26(32)24(30(19)20)27(33)25(31)16-12-21(35-2)28(37-4)22(13-16)36-3/h8-9,12-14,19-20,23-24,29H,5-7,10-11H2,1-4H3. The fourth-order valence-corrected chi connectivity index (χ4v) is 6.07. The van der Waals surface area contributed by atoms with E-state index in [1.807, 2.05) is 17.0 Å². The Balaban J connectivity index is 1.46. The van der Waals surface area contributed by atoms with E-state index in [1.165, 1.54) is 39.0 Å². The lowest BCUT2D eigenvalue weighted by Crippen LogP contribution is -2.74. The predicted molar refractivity (Wildman–Crippen MR) is 135 cm³/mol. The lowest BCUT2D eigenvalue weighted by Gasteiger charge is -2.55. The molecule has 196 valence electrons. The highest BCUT2D eigenvalue weighted by molar-refractivity contribution is 6.49. The number of rotatable bonds is 8. The van der Waals surface area contributed by atoms with Gasteiger partial charge in [-0.15, -0.1) is 0 Å². The highest BCUT2D eigenvalue weighted by atomic mass is 16.5. The number of ketones is 3. The minimum atomic E-state index is -1.10. The largest absolute Gasteiger partial charge is 0.497 e. The SMILES string of the molecule is COc1ccc2c(c1)C(C1CCCC3C(=O)C(C(=O)C(=O)c4cc(OC)c(OC)c(OC)c4)N31)NCC2. The van der Waals surface area contributed by atoms with E-state index < -0.39 is 17.6 Å². The normalized spacial score (nSPS) is 24.8. The molecule has 3 aliphatic rings. The molecule has 1 N–H and O–H groups in total. The summed E-state index contributed by atoms with van der Waals surface area (Å²) in [5.41, 5.74) is 2.45. The zero-order valence-electron chi connectivity index (χ0n) is 21.5. The molecule has 37 heavy (non-hydrogen) atoms. The highest BCUT2D eigenvalue weighted by Crippen LogP contribution is 2.43. The van der Waals surface area contributed by atoms with Crippen molar-refractivity contribution in [1.82, 2.24) is 10.2 Å². The van der Waals surface area contributed by atoms with Gasteiger partial charge in [0.15, 0.2) is 17.3 Å². The highest BCUT2D eigenvalue weighted by Gasteiger charge is 2.58. The third-order valence-electron chi connectivity index (χ3n) is 7.85. The maximum absolute atomic E-state index is 13.6. The minimum Gasteiger partial charge on any atom is -0.497 e. The van der Waals surface area contributed by atoms with Crippen LogP contribution in [-0.4, -0.2) is 75.4 Å². The molecule has 0 spiro atoms. The van der Waals surface area contributed by atoms with Crippen molar-refractivity contribution >= 4 is 17.3 Å². The van der Waals surface area contributed by atoms with E-state index in [0.717, 1.165) is 37.1 Å². The Morgan fingerprint density at radius 3 is 2.32 bits per heavy atom. The van der Waals surface area contributed by atoms with E-state index in [0.29, 0.717) is 12.2 Å². The van der Waals surface area contributed by atoms with Crippen molar-refractivity contribution in [3.8, 4) is 23.0 Å². The molecular weight excluding hydrogens is 476 g/mol. The van der Waals surface area contributed by atoms with Crippen LogP contribution >= 0.6 is 0 Å². The topological polar surface area (TPSA) is 103 Å². The van der Waals surface area contributed by atoms with Crippen LogP contribution in [0.15, 0.2) is 30.3 Å². The van der Waals surface area contributed by atoms with E-state index in [9.17, 15) is 14.4 Å². The van der Waals surface area contributed by atoms with Gasteiger partial charge in [0, 0.05) is 17.6 Å². The molecule has 0 saturated carbocycles. The van der Waals surface area contributed by atoms with Gasteiger partial charge >= 0.3 is 0 Å². The maximum Gasteiger partial charge on any atom is 0.231 e. The van der Waals surface area contributed by atoms with Crippen molar-refractivity contribution in [2.75, 3.05) is 35.0 Å². The number of hydrogen-bond donors (Lipinski definition) is 1. The summed E-state index contributed by atoms with van der Waals surface area (Å²) in [4.78, 5) is 42.1. The van der Waals surface area contributed by atoms with Crippen LogP contribution in [0.4, 0.5) is 0 Å². The number of nitrogens with one attached hydrogen (secondary N) is 1. The zero-order valence-corrected chi connectivity index (χ0v) is 21.5. The molecule has 3 heterocycles. The van der Waals surface area contributed by atoms with Crippen LogP contribution in [0.1, 0.15) is 46.8 Å². The quantitative estimate of drug-likeness (QED) is 0.327. The summed E-state index contributed by atoms with van der Waals surface area (Å²) in [6, 6.07) is 7.36. The Hall–Kier alpha value is -3.43. The first-order chi connectivity index (χ1) is 17.9. The second-order valence-corrected chi connectivity index (χ2v) is 9.62. The van der Waals surface area contributed by atoms with Crippen LogP contribution in [0.3, 0.4) is 0 Å². The van der Waals surface area contributed by atoms with Crippen LogP contribution < -0.4 is 24.3 Å². The van der Waals surface area contributed by atoms with Crippen molar-refractivity contribution < 1.29 is 33.3 Å². The van der Waals surface area contributed by atoms with Gasteiger partial charge in [-0.1, -0.05) is 6.07 Å². The van der Waals surface area contributed by atoms with E-state index in [4.69, 9.17) is 18.9 Å². The number of benzene rings is 2. The van der Waals surface area contributed by atoms with Gasteiger partial charge in [0.05, 0.1) is 34.5 Å². The van der Waals surface area contributed by atoms with Gasteiger partial charge in [-0.3, -0.25) is 19.3 Å². The second-order valence-electron chi connectivity index (χ2n) is 9.62. The average Bonchev–Trinajstić information content (AvgIpc) is 2.94. The van der Waals surface area contributed by atoms with Crippen LogP contribution in [-0.2, 0) is 16.0 Å². The molecule has 2 aromatic rings. The molecule has 3 aliphatic heterocycles. The van der Waals surface area contributed by atoms with Gasteiger partial charge in [-0.25, -0.2) is 0 Å². The Morgan fingerprint density at radius 1 is 0.946 bits per heavy atom. The third kappa shape index (κ3) is 4.16. The molecule has 0 amide bonds. The number of ether oxygens (including phenoxy) is 4. The fourth-order valence-electron chi connectivity index (χ4n) is 6.07. The number of methoxy groups -OCH3 is 4. The Morgan fingerprint density at radius 2 is 1.68 bits per heavy atom. The number of piperidine rings is 1. The van der Waals surface area contributed by atoms with Gasteiger partial charge in [0.25, 0.3) is 0 Å². The Kier molecular flexibility index (Phi) is 6.92. The molecule has 4 unspecified atom stereocenters. The van der Waals surface area contributed by atoms with Crippen LogP contribution in [0.5, 0.6) is 23.0 Å². The summed E-state index contributed by atoms with van der Waals surface area (Å²) in [7, 11) is 5.98. The molecule has 2 saturated heterocycles. The lowest BCUT2D eigenvalue weighted by atomic mass is 9.74. The summed E-state index contributed by atoms with van der Waals surface area (Å²) in [5, 5.41) is 3.61. The van der Waals surface area contributed by atoms with Gasteiger partial charge < -0.3 is 24.3 Å². The van der Waals surface area contributed by atoms with Crippen molar-refractivity contribution in [3.63, 3.8) is 0 Å². The molecule has 2 aromatic carbocycles. The van der Waals surface area contributed by atoms with E-state index in [-0.39, 0.29) is 41.0 Å². The molecule has 0 radical (unpaired) electrons. The first-order valence-electron chi connectivity index (χ1n) is 12.5. The van der Waals surface area contributed by atoms with Gasteiger partial charge in [-0.05, 0) is 67.6 Å². The van der Waals surface area contributed by atoms with Crippen LogP contribution in [0.2, 0.25) is 0 Å². The van der Waals surface area contributed by atoms with Crippen LogP contribution in [0.25, 0.3) is 0 Å². The summed E-state index contributed by atoms with van der Waals surface area (Å²) in [5.74, 6) is -0.0420. The summed E-state index contributed by atoms with van der Waals surface area (Å²) in [6.07, 6.45) is 3.29.